The first kappa shape index (κ1) is 7.49. The molecule has 1 rings (SSSR count). The van der Waals surface area contributed by atoms with Crippen LogP contribution in [0.15, 0.2) is 10.5 Å². The first-order valence-electron chi connectivity index (χ1n) is 2.30. The van der Waals surface area contributed by atoms with Crippen LogP contribution < -0.4 is 5.73 Å². The van der Waals surface area contributed by atoms with Crippen LogP contribution in [0.3, 0.4) is 0 Å². The molecule has 1 aromatic rings. The van der Waals surface area contributed by atoms with Crippen LogP contribution in [-0.4, -0.2) is 4.92 Å². The number of hydrogen-bond donors (Lipinski definition) is 1. The Labute approximate surface area is 68.9 Å². The Morgan fingerprint density at radius 1 is 1.80 bits per heavy atom. The second-order valence-corrected chi connectivity index (χ2v) is 3.47. The van der Waals surface area contributed by atoms with Crippen LogP contribution in [0.4, 0.5) is 10.0 Å². The summed E-state index contributed by atoms with van der Waals surface area (Å²) in [5.41, 5.74) is 5.35. The molecule has 6 heteroatoms. The van der Waals surface area contributed by atoms with Crippen LogP contribution in [0.2, 0.25) is 0 Å². The number of nitrogens with two attached hydrogens (primary N) is 1. The van der Waals surface area contributed by atoms with Gasteiger partial charge < -0.3 is 5.73 Å². The Balaban J connectivity index is 3.10. The Hall–Kier alpha value is -0.620. The highest BCUT2D eigenvalue weighted by atomic mass is 79.9. The van der Waals surface area contributed by atoms with E-state index in [1.165, 1.54) is 6.07 Å². The molecule has 54 valence electrons. The lowest BCUT2D eigenvalue weighted by Gasteiger charge is -1.78. The van der Waals surface area contributed by atoms with Crippen LogP contribution in [0.1, 0.15) is 0 Å². The summed E-state index contributed by atoms with van der Waals surface area (Å²) in [5.74, 6) is 0. The van der Waals surface area contributed by atoms with Crippen molar-refractivity contribution in [1.82, 2.24) is 0 Å². The molecule has 10 heavy (non-hydrogen) atoms. The number of nitro groups is 1. The van der Waals surface area contributed by atoms with E-state index in [1.807, 2.05) is 0 Å². The molecule has 2 N–H and O–H groups in total. The Kier molecular flexibility index (Phi) is 1.91. The fraction of sp³-hybridized carbons (Fsp3) is 0. The molecule has 0 aromatic carbocycles. The van der Waals surface area contributed by atoms with Crippen LogP contribution in [0.5, 0.6) is 0 Å². The zero-order valence-corrected chi connectivity index (χ0v) is 7.11. The molecule has 0 radical (unpaired) electrons. The van der Waals surface area contributed by atoms with Gasteiger partial charge >= 0.3 is 5.00 Å². The average molecular weight is 223 g/mol. The van der Waals surface area contributed by atoms with Crippen molar-refractivity contribution in [2.45, 2.75) is 0 Å². The summed E-state index contributed by atoms with van der Waals surface area (Å²) < 4.78 is 0.587. The third-order valence-electron chi connectivity index (χ3n) is 0.880. The Morgan fingerprint density at radius 3 is 2.60 bits per heavy atom. The number of nitrogens with zero attached hydrogens (tertiary/aromatic N) is 1. The van der Waals surface area contributed by atoms with Crippen molar-refractivity contribution in [3.05, 3.63) is 20.7 Å². The molecule has 4 nitrogen and oxygen atoms in total. The number of nitrogen functional groups attached to an aromatic ring is 1. The molecule has 0 amide bonds. The Morgan fingerprint density at radius 2 is 2.40 bits per heavy atom. The summed E-state index contributed by atoms with van der Waals surface area (Å²) >= 11 is 4.02. The Bertz CT molecular complexity index is 253. The summed E-state index contributed by atoms with van der Waals surface area (Å²) in [4.78, 5) is 9.64. The smallest absolute Gasteiger partial charge is 0.327 e. The summed E-state index contributed by atoms with van der Waals surface area (Å²) in [6.45, 7) is 0. The van der Waals surface area contributed by atoms with Crippen LogP contribution >= 0.6 is 27.3 Å². The van der Waals surface area contributed by atoms with E-state index < -0.39 is 4.92 Å². The second-order valence-electron chi connectivity index (χ2n) is 1.55. The lowest BCUT2D eigenvalue weighted by atomic mass is 10.6. The van der Waals surface area contributed by atoms with Gasteiger partial charge in [-0.2, -0.15) is 0 Å². The maximum atomic E-state index is 10.1. The normalized spacial score (nSPS) is 9.70. The SMILES string of the molecule is Nc1sc([N+](=O)[O-])cc1Br. The number of hydrogen-bond acceptors (Lipinski definition) is 4. The van der Waals surface area contributed by atoms with Crippen LogP contribution in [0.25, 0.3) is 0 Å². The minimum atomic E-state index is -0.466. The molecular weight excluding hydrogens is 220 g/mol. The molecule has 0 saturated carbocycles. The van der Waals surface area contributed by atoms with Crippen LogP contribution in [0, 0.1) is 10.1 Å². The van der Waals surface area contributed by atoms with E-state index in [4.69, 9.17) is 5.73 Å². The van der Waals surface area contributed by atoms with Crippen molar-refractivity contribution in [2.75, 3.05) is 5.73 Å². The largest absolute Gasteiger partial charge is 0.389 e. The van der Waals surface area contributed by atoms with Crippen molar-refractivity contribution in [3.63, 3.8) is 0 Å². The van der Waals surface area contributed by atoms with Gasteiger partial charge in [0, 0.05) is 6.07 Å². The topological polar surface area (TPSA) is 69.2 Å². The van der Waals surface area contributed by atoms with E-state index in [2.05, 4.69) is 15.9 Å². The van der Waals surface area contributed by atoms with E-state index in [9.17, 15) is 10.1 Å². The summed E-state index contributed by atoms with van der Waals surface area (Å²) in [6, 6.07) is 1.39. The molecule has 0 unspecified atom stereocenters. The van der Waals surface area contributed by atoms with Gasteiger partial charge in [0.05, 0.1) is 9.40 Å². The number of halogens is 1. The van der Waals surface area contributed by atoms with E-state index >= 15 is 0 Å². The van der Waals surface area contributed by atoms with Gasteiger partial charge in [0.15, 0.2) is 0 Å². The van der Waals surface area contributed by atoms with Crippen molar-refractivity contribution >= 4 is 37.3 Å². The molecule has 0 fully saturated rings. The van der Waals surface area contributed by atoms with Gasteiger partial charge in [-0.3, -0.25) is 10.1 Å². The quantitative estimate of drug-likeness (QED) is 0.584. The third-order valence-corrected chi connectivity index (χ3v) is 2.71. The second kappa shape index (κ2) is 2.55. The first-order valence-corrected chi connectivity index (χ1v) is 3.91. The number of thiophene rings is 1. The van der Waals surface area contributed by atoms with Crippen molar-refractivity contribution in [2.24, 2.45) is 0 Å². The highest BCUT2D eigenvalue weighted by molar-refractivity contribution is 9.10. The zero-order valence-electron chi connectivity index (χ0n) is 4.70. The van der Waals surface area contributed by atoms with Crippen molar-refractivity contribution in [1.29, 1.82) is 0 Å². The highest BCUT2D eigenvalue weighted by Crippen LogP contribution is 2.34. The van der Waals surface area contributed by atoms with E-state index in [1.54, 1.807) is 0 Å². The van der Waals surface area contributed by atoms with Crippen molar-refractivity contribution in [3.8, 4) is 0 Å². The third kappa shape index (κ3) is 1.27. The molecule has 0 bridgehead atoms. The molecule has 0 atom stereocenters. The lowest BCUT2D eigenvalue weighted by Crippen LogP contribution is -1.80. The van der Waals surface area contributed by atoms with Crippen molar-refractivity contribution < 1.29 is 4.92 Å². The van der Waals surface area contributed by atoms with Gasteiger partial charge in [-0.05, 0) is 27.3 Å². The fourth-order valence-electron chi connectivity index (χ4n) is 0.460. The summed E-state index contributed by atoms with van der Waals surface area (Å²) in [7, 11) is 0. The molecule has 1 aromatic heterocycles. The van der Waals surface area contributed by atoms with Gasteiger partial charge in [-0.25, -0.2) is 0 Å². The zero-order chi connectivity index (χ0) is 7.72. The van der Waals surface area contributed by atoms with E-state index in [0.717, 1.165) is 11.3 Å². The van der Waals surface area contributed by atoms with Gasteiger partial charge in [0.1, 0.15) is 5.00 Å². The molecule has 0 aliphatic rings. The van der Waals surface area contributed by atoms with Gasteiger partial charge in [-0.1, -0.05) is 0 Å². The molecule has 1 heterocycles. The standard InChI is InChI=1S/C4H3BrN2O2S/c5-2-1-3(7(8)9)10-4(2)6/h1H,6H2. The molecule has 0 saturated heterocycles. The number of rotatable bonds is 1. The molecule has 0 aliphatic carbocycles. The summed E-state index contributed by atoms with van der Waals surface area (Å²) in [6.07, 6.45) is 0. The molecular formula is C4H3BrN2O2S. The van der Waals surface area contributed by atoms with Gasteiger partial charge in [-0.15, -0.1) is 0 Å². The lowest BCUT2D eigenvalue weighted by molar-refractivity contribution is -0.380. The summed E-state index contributed by atoms with van der Waals surface area (Å²) in [5, 5.41) is 10.6. The monoisotopic (exact) mass is 222 g/mol. The van der Waals surface area contributed by atoms with Gasteiger partial charge in [0.2, 0.25) is 0 Å². The first-order chi connectivity index (χ1) is 4.61. The van der Waals surface area contributed by atoms with E-state index in [0.29, 0.717) is 9.47 Å². The van der Waals surface area contributed by atoms with Gasteiger partial charge in [0.25, 0.3) is 0 Å². The highest BCUT2D eigenvalue weighted by Gasteiger charge is 2.11. The van der Waals surface area contributed by atoms with E-state index in [-0.39, 0.29) is 5.00 Å². The minimum Gasteiger partial charge on any atom is -0.389 e. The maximum absolute atomic E-state index is 10.1. The fourth-order valence-corrected chi connectivity index (χ4v) is 1.70. The molecule has 0 spiro atoms. The number of anilines is 1. The average Bonchev–Trinajstić information content (AvgIpc) is 2.13. The predicted molar refractivity (Wildman–Crippen MR) is 43.1 cm³/mol. The maximum Gasteiger partial charge on any atom is 0.327 e. The minimum absolute atomic E-state index is 0.0596. The predicted octanol–water partition coefficient (Wildman–Crippen LogP) is 2.00. The van der Waals surface area contributed by atoms with Crippen LogP contribution in [-0.2, 0) is 0 Å². The molecule has 0 aliphatic heterocycles.